The van der Waals surface area contributed by atoms with Gasteiger partial charge in [0.05, 0.1) is 18.8 Å². The molecule has 0 aromatic carbocycles. The van der Waals surface area contributed by atoms with Crippen LogP contribution in [0.1, 0.15) is 219 Å². The lowest BCUT2D eigenvalue weighted by Crippen LogP contribution is -2.45. The van der Waals surface area contributed by atoms with Gasteiger partial charge in [-0.25, -0.2) is 0 Å². The van der Waals surface area contributed by atoms with Crippen LogP contribution in [0.5, 0.6) is 0 Å². The third-order valence-electron chi connectivity index (χ3n) is 9.47. The average molecular weight is 648 g/mol. The molecule has 2 atom stereocenters. The van der Waals surface area contributed by atoms with E-state index < -0.39 is 12.1 Å². The van der Waals surface area contributed by atoms with Crippen molar-refractivity contribution in [3.05, 3.63) is 24.3 Å². The van der Waals surface area contributed by atoms with E-state index in [1.807, 2.05) is 0 Å². The number of aliphatic hydroxyl groups excluding tert-OH is 2. The van der Waals surface area contributed by atoms with E-state index in [0.717, 1.165) is 44.9 Å². The fourth-order valence-electron chi connectivity index (χ4n) is 6.27. The number of hydrogen-bond acceptors (Lipinski definition) is 3. The maximum Gasteiger partial charge on any atom is 0.220 e. The highest BCUT2D eigenvalue weighted by Gasteiger charge is 2.19. The van der Waals surface area contributed by atoms with Crippen LogP contribution in [0.2, 0.25) is 0 Å². The van der Waals surface area contributed by atoms with Crippen LogP contribution in [0.15, 0.2) is 24.3 Å². The van der Waals surface area contributed by atoms with E-state index in [-0.39, 0.29) is 12.5 Å². The number of unbranched alkanes of at least 4 members (excludes halogenated alkanes) is 26. The maximum atomic E-state index is 12.4. The first-order chi connectivity index (χ1) is 22.7. The van der Waals surface area contributed by atoms with Gasteiger partial charge in [-0.3, -0.25) is 4.79 Å². The summed E-state index contributed by atoms with van der Waals surface area (Å²) in [4.78, 5) is 12.4. The van der Waals surface area contributed by atoms with Crippen LogP contribution in [-0.2, 0) is 4.79 Å². The van der Waals surface area contributed by atoms with Gasteiger partial charge in [0, 0.05) is 6.42 Å². The molecule has 4 nitrogen and oxygen atoms in total. The molecule has 0 aliphatic carbocycles. The molecular weight excluding hydrogens is 566 g/mol. The molecule has 1 amide bonds. The van der Waals surface area contributed by atoms with Crippen molar-refractivity contribution in [2.45, 2.75) is 231 Å². The van der Waals surface area contributed by atoms with Crippen molar-refractivity contribution in [3.8, 4) is 0 Å². The van der Waals surface area contributed by atoms with Crippen molar-refractivity contribution in [1.82, 2.24) is 5.32 Å². The summed E-state index contributed by atoms with van der Waals surface area (Å²) in [6, 6.07) is -0.541. The van der Waals surface area contributed by atoms with Crippen LogP contribution in [0.3, 0.4) is 0 Å². The van der Waals surface area contributed by atoms with Crippen molar-refractivity contribution in [1.29, 1.82) is 0 Å². The smallest absolute Gasteiger partial charge is 0.220 e. The predicted octanol–water partition coefficient (Wildman–Crippen LogP) is 12.5. The molecule has 0 aromatic rings. The first-order valence-corrected chi connectivity index (χ1v) is 20.5. The van der Waals surface area contributed by atoms with Crippen molar-refractivity contribution < 1.29 is 15.0 Å². The minimum absolute atomic E-state index is 0.0445. The Kier molecular flexibility index (Phi) is 37.4. The predicted molar refractivity (Wildman–Crippen MR) is 202 cm³/mol. The Morgan fingerprint density at radius 2 is 0.891 bits per heavy atom. The number of aliphatic hydroxyl groups is 2. The Bertz CT molecular complexity index is 661. The van der Waals surface area contributed by atoms with E-state index in [0.29, 0.717) is 12.8 Å². The molecule has 4 heteroatoms. The number of allylic oxidation sites excluding steroid dienone is 4. The summed E-state index contributed by atoms with van der Waals surface area (Å²) in [6.07, 6.45) is 48.1. The summed E-state index contributed by atoms with van der Waals surface area (Å²) in [7, 11) is 0. The molecule has 0 saturated carbocycles. The van der Waals surface area contributed by atoms with Crippen molar-refractivity contribution in [3.63, 3.8) is 0 Å². The SMILES string of the molecule is CCCCC/C=C\C/C=C\CCCCCCCC(=O)NC(CO)C(O)CCCCCCCCCCCCCCCCCCCCC. The van der Waals surface area contributed by atoms with Gasteiger partial charge in [0.2, 0.25) is 5.91 Å². The molecule has 0 radical (unpaired) electrons. The Labute approximate surface area is 288 Å². The van der Waals surface area contributed by atoms with Crippen LogP contribution < -0.4 is 5.32 Å². The van der Waals surface area contributed by atoms with Gasteiger partial charge >= 0.3 is 0 Å². The molecular formula is C42H81NO3. The van der Waals surface area contributed by atoms with Gasteiger partial charge in [-0.05, 0) is 44.9 Å². The van der Waals surface area contributed by atoms with Gasteiger partial charge in [0.1, 0.15) is 0 Å². The number of hydrogen-bond donors (Lipinski definition) is 3. The summed E-state index contributed by atoms with van der Waals surface area (Å²) < 4.78 is 0. The molecule has 0 aliphatic rings. The molecule has 0 heterocycles. The van der Waals surface area contributed by atoms with Gasteiger partial charge in [0.15, 0.2) is 0 Å². The molecule has 0 fully saturated rings. The van der Waals surface area contributed by atoms with Crippen LogP contribution in [-0.4, -0.2) is 34.9 Å². The quantitative estimate of drug-likeness (QED) is 0.0464. The maximum absolute atomic E-state index is 12.4. The van der Waals surface area contributed by atoms with Crippen molar-refractivity contribution >= 4 is 5.91 Å². The molecule has 2 unspecified atom stereocenters. The van der Waals surface area contributed by atoms with Crippen LogP contribution in [0.25, 0.3) is 0 Å². The zero-order valence-corrected chi connectivity index (χ0v) is 31.1. The highest BCUT2D eigenvalue weighted by molar-refractivity contribution is 5.76. The second-order valence-corrected chi connectivity index (χ2v) is 14.1. The number of rotatable bonds is 37. The number of carbonyl (C=O) groups excluding carboxylic acids is 1. The summed E-state index contributed by atoms with van der Waals surface area (Å²) >= 11 is 0. The van der Waals surface area contributed by atoms with E-state index in [4.69, 9.17) is 0 Å². The third kappa shape index (κ3) is 34.2. The Hall–Kier alpha value is -1.13. The first kappa shape index (κ1) is 44.9. The number of carbonyl (C=O) groups is 1. The van der Waals surface area contributed by atoms with Crippen LogP contribution in [0, 0.1) is 0 Å². The van der Waals surface area contributed by atoms with Gasteiger partial charge in [-0.1, -0.05) is 192 Å². The average Bonchev–Trinajstić information content (AvgIpc) is 3.06. The van der Waals surface area contributed by atoms with Gasteiger partial charge < -0.3 is 15.5 Å². The van der Waals surface area contributed by atoms with Gasteiger partial charge in [-0.15, -0.1) is 0 Å². The molecule has 0 spiro atoms. The molecule has 0 aromatic heterocycles. The minimum atomic E-state index is -0.663. The molecule has 3 N–H and O–H groups in total. The van der Waals surface area contributed by atoms with Crippen molar-refractivity contribution in [2.24, 2.45) is 0 Å². The fraction of sp³-hybridized carbons (Fsp3) is 0.881. The normalized spacial score (nSPS) is 13.2. The topological polar surface area (TPSA) is 69.6 Å². The zero-order chi connectivity index (χ0) is 33.6. The van der Waals surface area contributed by atoms with Crippen LogP contribution >= 0.6 is 0 Å². The van der Waals surface area contributed by atoms with E-state index in [2.05, 4.69) is 43.5 Å². The van der Waals surface area contributed by atoms with E-state index in [1.54, 1.807) is 0 Å². The molecule has 0 bridgehead atoms. The number of amides is 1. The summed E-state index contributed by atoms with van der Waals surface area (Å²) in [5.74, 6) is -0.0445. The second-order valence-electron chi connectivity index (χ2n) is 14.1. The molecule has 272 valence electrons. The molecule has 0 rings (SSSR count). The van der Waals surface area contributed by atoms with E-state index in [9.17, 15) is 15.0 Å². The standard InChI is InChI=1S/C42H81NO3/c1-3-5-7-9-11-13-15-17-19-20-21-22-24-25-27-29-31-33-35-37-41(45)40(39-44)43-42(46)38-36-34-32-30-28-26-23-18-16-14-12-10-8-6-4-2/h12,14,18,23,40-41,44-45H,3-11,13,15-17,19-22,24-39H2,1-2H3,(H,43,46)/b14-12-,23-18-. The van der Waals surface area contributed by atoms with Gasteiger partial charge in [0.25, 0.3) is 0 Å². The zero-order valence-electron chi connectivity index (χ0n) is 31.1. The molecule has 0 saturated heterocycles. The van der Waals surface area contributed by atoms with E-state index >= 15 is 0 Å². The highest BCUT2D eigenvalue weighted by Crippen LogP contribution is 2.16. The summed E-state index contributed by atoms with van der Waals surface area (Å²) in [5.41, 5.74) is 0. The second kappa shape index (κ2) is 38.3. The lowest BCUT2D eigenvalue weighted by molar-refractivity contribution is -0.123. The Morgan fingerprint density at radius 3 is 1.35 bits per heavy atom. The lowest BCUT2D eigenvalue weighted by Gasteiger charge is -2.22. The van der Waals surface area contributed by atoms with Gasteiger partial charge in [-0.2, -0.15) is 0 Å². The fourth-order valence-corrected chi connectivity index (χ4v) is 6.27. The lowest BCUT2D eigenvalue weighted by atomic mass is 10.0. The summed E-state index contributed by atoms with van der Waals surface area (Å²) in [5, 5.41) is 23.1. The Balaban J connectivity index is 3.54. The number of nitrogens with one attached hydrogen (secondary N) is 1. The third-order valence-corrected chi connectivity index (χ3v) is 9.47. The largest absolute Gasteiger partial charge is 0.394 e. The van der Waals surface area contributed by atoms with E-state index in [1.165, 1.54) is 148 Å². The monoisotopic (exact) mass is 648 g/mol. The molecule has 0 aliphatic heterocycles. The molecule has 46 heavy (non-hydrogen) atoms. The van der Waals surface area contributed by atoms with Crippen molar-refractivity contribution in [2.75, 3.05) is 6.61 Å². The minimum Gasteiger partial charge on any atom is -0.394 e. The summed E-state index contributed by atoms with van der Waals surface area (Å²) in [6.45, 7) is 4.33. The first-order valence-electron chi connectivity index (χ1n) is 20.5. The highest BCUT2D eigenvalue weighted by atomic mass is 16.3. The van der Waals surface area contributed by atoms with Crippen LogP contribution in [0.4, 0.5) is 0 Å². The Morgan fingerprint density at radius 1 is 0.522 bits per heavy atom.